The number of hydrogen-bond donors (Lipinski definition) is 2. The zero-order valence-corrected chi connectivity index (χ0v) is 10.5. The third kappa shape index (κ3) is 2.22. The highest BCUT2D eigenvalue weighted by atomic mass is 16.2. The largest absolute Gasteiger partial charge is 0.344 e. The lowest BCUT2D eigenvalue weighted by atomic mass is 10.1. The third-order valence-corrected chi connectivity index (χ3v) is 4.20. The summed E-state index contributed by atoms with van der Waals surface area (Å²) in [5, 5.41) is 6.03. The van der Waals surface area contributed by atoms with Gasteiger partial charge in [-0.2, -0.15) is 0 Å². The molecule has 3 rings (SSSR count). The summed E-state index contributed by atoms with van der Waals surface area (Å²) in [6.07, 6.45) is 1.15. The second-order valence-electron chi connectivity index (χ2n) is 5.33. The van der Waals surface area contributed by atoms with Crippen LogP contribution in [0.1, 0.15) is 12.8 Å². The summed E-state index contributed by atoms with van der Waals surface area (Å²) in [7, 11) is 0. The van der Waals surface area contributed by atoms with Crippen molar-refractivity contribution in [1.82, 2.24) is 20.4 Å². The van der Waals surface area contributed by atoms with Crippen LogP contribution in [0.3, 0.4) is 0 Å². The molecule has 3 aliphatic heterocycles. The summed E-state index contributed by atoms with van der Waals surface area (Å²) >= 11 is 0. The van der Waals surface area contributed by atoms with Crippen LogP contribution < -0.4 is 10.6 Å². The summed E-state index contributed by atoms with van der Waals surface area (Å²) in [6, 6.07) is 0.392. The summed E-state index contributed by atoms with van der Waals surface area (Å²) in [5.41, 5.74) is 0. The summed E-state index contributed by atoms with van der Waals surface area (Å²) < 4.78 is 0. The van der Waals surface area contributed by atoms with E-state index >= 15 is 0 Å². The van der Waals surface area contributed by atoms with Crippen LogP contribution >= 0.6 is 0 Å². The van der Waals surface area contributed by atoms with E-state index in [1.807, 2.05) is 4.90 Å². The quantitative estimate of drug-likeness (QED) is 0.620. The zero-order valence-electron chi connectivity index (χ0n) is 10.5. The Hall–Kier alpha value is -1.14. The number of hydrogen-bond acceptors (Lipinski definition) is 4. The molecule has 0 aromatic heterocycles. The van der Waals surface area contributed by atoms with Crippen LogP contribution in [-0.4, -0.2) is 73.0 Å². The lowest BCUT2D eigenvalue weighted by Gasteiger charge is -2.43. The van der Waals surface area contributed by atoms with Gasteiger partial charge in [-0.15, -0.1) is 0 Å². The molecule has 0 radical (unpaired) electrons. The van der Waals surface area contributed by atoms with E-state index in [1.54, 1.807) is 0 Å². The van der Waals surface area contributed by atoms with Gasteiger partial charge in [0.15, 0.2) is 0 Å². The van der Waals surface area contributed by atoms with Crippen molar-refractivity contribution >= 4 is 11.8 Å². The van der Waals surface area contributed by atoms with E-state index in [9.17, 15) is 9.59 Å². The van der Waals surface area contributed by atoms with Gasteiger partial charge in [0.25, 0.3) is 0 Å². The second-order valence-corrected chi connectivity index (χ2v) is 5.33. The highest BCUT2D eigenvalue weighted by Crippen LogP contribution is 2.14. The Morgan fingerprint density at radius 1 is 1.17 bits per heavy atom. The van der Waals surface area contributed by atoms with Crippen LogP contribution in [0, 0.1) is 0 Å². The minimum Gasteiger partial charge on any atom is -0.344 e. The number of carbonyl (C=O) groups is 2. The summed E-state index contributed by atoms with van der Waals surface area (Å²) in [6.45, 7) is 5.65. The molecule has 3 aliphatic rings. The molecule has 100 valence electrons. The Bertz CT molecular complexity index is 348. The standard InChI is InChI=1S/C12H20N4O2/c17-11-2-1-10(14-11)12(18)16-5-3-15(4-6-16)9-7-13-8-9/h9-10,13H,1-8H2,(H,14,17)/t10-/m0/s1. The molecule has 2 amide bonds. The molecule has 0 unspecified atom stereocenters. The van der Waals surface area contributed by atoms with Gasteiger partial charge in [0.2, 0.25) is 11.8 Å². The van der Waals surface area contributed by atoms with Crippen LogP contribution in [0.5, 0.6) is 0 Å². The average molecular weight is 252 g/mol. The van der Waals surface area contributed by atoms with Crippen molar-refractivity contribution in [3.63, 3.8) is 0 Å². The summed E-state index contributed by atoms with van der Waals surface area (Å²) in [4.78, 5) is 27.7. The Labute approximate surface area is 107 Å². The fraction of sp³-hybridized carbons (Fsp3) is 0.833. The first-order valence-electron chi connectivity index (χ1n) is 6.77. The predicted molar refractivity (Wildman–Crippen MR) is 66.0 cm³/mol. The number of nitrogens with one attached hydrogen (secondary N) is 2. The molecule has 0 aromatic carbocycles. The van der Waals surface area contributed by atoms with E-state index in [0.717, 1.165) is 39.3 Å². The molecule has 1 atom stereocenters. The fourth-order valence-electron chi connectivity index (χ4n) is 2.86. The van der Waals surface area contributed by atoms with Crippen LogP contribution in [0.25, 0.3) is 0 Å². The molecule has 0 spiro atoms. The molecule has 18 heavy (non-hydrogen) atoms. The maximum Gasteiger partial charge on any atom is 0.245 e. The number of rotatable bonds is 2. The molecule has 0 aromatic rings. The minimum absolute atomic E-state index is 0.00697. The van der Waals surface area contributed by atoms with Crippen LogP contribution in [0.15, 0.2) is 0 Å². The first kappa shape index (κ1) is 11.9. The van der Waals surface area contributed by atoms with Crippen molar-refractivity contribution in [3.05, 3.63) is 0 Å². The average Bonchev–Trinajstić information content (AvgIpc) is 2.74. The van der Waals surface area contributed by atoms with Gasteiger partial charge >= 0.3 is 0 Å². The van der Waals surface area contributed by atoms with E-state index < -0.39 is 0 Å². The maximum atomic E-state index is 12.2. The number of nitrogens with zero attached hydrogens (tertiary/aromatic N) is 2. The van der Waals surface area contributed by atoms with Gasteiger partial charge in [-0.05, 0) is 6.42 Å². The van der Waals surface area contributed by atoms with Crippen molar-refractivity contribution in [1.29, 1.82) is 0 Å². The molecule has 6 nitrogen and oxygen atoms in total. The first-order valence-corrected chi connectivity index (χ1v) is 6.77. The van der Waals surface area contributed by atoms with Crippen molar-refractivity contribution < 1.29 is 9.59 Å². The van der Waals surface area contributed by atoms with Gasteiger partial charge in [0, 0.05) is 51.7 Å². The lowest BCUT2D eigenvalue weighted by molar-refractivity contribution is -0.136. The van der Waals surface area contributed by atoms with E-state index in [1.165, 1.54) is 0 Å². The normalized spacial score (nSPS) is 30.1. The van der Waals surface area contributed by atoms with Gasteiger partial charge in [-0.3, -0.25) is 14.5 Å². The predicted octanol–water partition coefficient (Wildman–Crippen LogP) is -1.62. The maximum absolute atomic E-state index is 12.2. The highest BCUT2D eigenvalue weighted by molar-refractivity contribution is 5.90. The molecule has 3 saturated heterocycles. The minimum atomic E-state index is -0.269. The van der Waals surface area contributed by atoms with E-state index in [4.69, 9.17) is 0 Å². The van der Waals surface area contributed by atoms with Crippen LogP contribution in [-0.2, 0) is 9.59 Å². The number of carbonyl (C=O) groups excluding carboxylic acids is 2. The third-order valence-electron chi connectivity index (χ3n) is 4.20. The van der Waals surface area contributed by atoms with Crippen molar-refractivity contribution in [3.8, 4) is 0 Å². The topological polar surface area (TPSA) is 64.7 Å². The smallest absolute Gasteiger partial charge is 0.245 e. The highest BCUT2D eigenvalue weighted by Gasteiger charge is 2.34. The van der Waals surface area contributed by atoms with E-state index in [2.05, 4.69) is 15.5 Å². The number of piperazine rings is 1. The molecule has 0 aliphatic carbocycles. The molecular weight excluding hydrogens is 232 g/mol. The Morgan fingerprint density at radius 2 is 1.89 bits per heavy atom. The molecule has 0 bridgehead atoms. The van der Waals surface area contributed by atoms with Crippen molar-refractivity contribution in [2.24, 2.45) is 0 Å². The van der Waals surface area contributed by atoms with Crippen molar-refractivity contribution in [2.45, 2.75) is 24.9 Å². The fourth-order valence-corrected chi connectivity index (χ4v) is 2.86. The molecule has 3 heterocycles. The van der Waals surface area contributed by atoms with Gasteiger partial charge in [0.05, 0.1) is 0 Å². The second kappa shape index (κ2) is 4.85. The Kier molecular flexibility index (Phi) is 3.22. The number of amides is 2. The lowest BCUT2D eigenvalue weighted by Crippen LogP contribution is -2.62. The van der Waals surface area contributed by atoms with Crippen molar-refractivity contribution in [2.75, 3.05) is 39.3 Å². The molecule has 6 heteroatoms. The zero-order chi connectivity index (χ0) is 12.5. The van der Waals surface area contributed by atoms with Gasteiger partial charge in [-0.1, -0.05) is 0 Å². The summed E-state index contributed by atoms with van der Waals surface area (Å²) in [5.74, 6) is 0.111. The van der Waals surface area contributed by atoms with Crippen LogP contribution in [0.2, 0.25) is 0 Å². The van der Waals surface area contributed by atoms with E-state index in [0.29, 0.717) is 18.9 Å². The Balaban J connectivity index is 1.49. The molecular formula is C12H20N4O2. The first-order chi connectivity index (χ1) is 8.74. The van der Waals surface area contributed by atoms with Gasteiger partial charge in [0.1, 0.15) is 6.04 Å². The van der Waals surface area contributed by atoms with Crippen LogP contribution in [0.4, 0.5) is 0 Å². The van der Waals surface area contributed by atoms with E-state index in [-0.39, 0.29) is 17.9 Å². The Morgan fingerprint density at radius 3 is 2.39 bits per heavy atom. The van der Waals surface area contributed by atoms with Gasteiger partial charge < -0.3 is 15.5 Å². The molecule has 2 N–H and O–H groups in total. The molecule has 3 fully saturated rings. The monoisotopic (exact) mass is 252 g/mol. The molecule has 0 saturated carbocycles. The van der Waals surface area contributed by atoms with Gasteiger partial charge in [-0.25, -0.2) is 0 Å². The SMILES string of the molecule is O=C1CC[C@@H](C(=O)N2CCN(C3CNC3)CC2)N1.